The van der Waals surface area contributed by atoms with Gasteiger partial charge in [-0.05, 0) is 48.4 Å². The highest BCUT2D eigenvalue weighted by Crippen LogP contribution is 2.12. The van der Waals surface area contributed by atoms with E-state index < -0.39 is 11.8 Å². The van der Waals surface area contributed by atoms with Crippen molar-refractivity contribution in [3.05, 3.63) is 72.6 Å². The third-order valence-electron chi connectivity index (χ3n) is 3.63. The minimum absolute atomic E-state index is 0.281. The van der Waals surface area contributed by atoms with Crippen molar-refractivity contribution in [2.75, 3.05) is 11.9 Å². The van der Waals surface area contributed by atoms with Crippen LogP contribution in [0.25, 0.3) is 5.69 Å². The Morgan fingerprint density at radius 3 is 2.38 bits per heavy atom. The van der Waals surface area contributed by atoms with E-state index in [0.29, 0.717) is 12.1 Å². The van der Waals surface area contributed by atoms with Gasteiger partial charge in [-0.2, -0.15) is 5.10 Å². The highest BCUT2D eigenvalue weighted by Gasteiger charge is 2.13. The summed E-state index contributed by atoms with van der Waals surface area (Å²) in [6.07, 6.45) is 3.49. The van der Waals surface area contributed by atoms with Crippen LogP contribution in [-0.4, -0.2) is 33.1 Å². The second-order valence-corrected chi connectivity index (χ2v) is 5.47. The van der Waals surface area contributed by atoms with Crippen LogP contribution < -0.4 is 10.6 Å². The summed E-state index contributed by atoms with van der Waals surface area (Å²) < 4.78 is 14.4. The normalized spacial score (nSPS) is 10.3. The molecule has 8 heteroatoms. The number of hydrogen-bond donors (Lipinski definition) is 2. The lowest BCUT2D eigenvalue weighted by Crippen LogP contribution is -2.36. The average molecular weight is 353 g/mol. The van der Waals surface area contributed by atoms with E-state index >= 15 is 0 Å². The molecular formula is C18H16FN5O2. The van der Waals surface area contributed by atoms with Crippen molar-refractivity contribution in [2.45, 2.75) is 6.42 Å². The van der Waals surface area contributed by atoms with Crippen molar-refractivity contribution >= 4 is 17.5 Å². The van der Waals surface area contributed by atoms with Crippen LogP contribution in [0.1, 0.15) is 5.56 Å². The SMILES string of the molecule is O=C(NCCc1ccc(F)cc1)C(=O)Nc1ccc(-n2cncn2)cc1. The highest BCUT2D eigenvalue weighted by molar-refractivity contribution is 6.39. The fraction of sp³-hybridized carbons (Fsp3) is 0.111. The molecular weight excluding hydrogens is 337 g/mol. The highest BCUT2D eigenvalue weighted by atomic mass is 19.1. The van der Waals surface area contributed by atoms with E-state index in [-0.39, 0.29) is 12.4 Å². The van der Waals surface area contributed by atoms with Gasteiger partial charge in [0.15, 0.2) is 0 Å². The van der Waals surface area contributed by atoms with Gasteiger partial charge in [0.2, 0.25) is 0 Å². The molecule has 0 saturated heterocycles. The Bertz CT molecular complexity index is 877. The molecule has 1 heterocycles. The van der Waals surface area contributed by atoms with Crippen LogP contribution >= 0.6 is 0 Å². The Labute approximate surface area is 148 Å². The van der Waals surface area contributed by atoms with Crippen molar-refractivity contribution < 1.29 is 14.0 Å². The maximum absolute atomic E-state index is 12.8. The van der Waals surface area contributed by atoms with E-state index in [1.54, 1.807) is 47.4 Å². The molecule has 0 aliphatic rings. The van der Waals surface area contributed by atoms with E-state index in [2.05, 4.69) is 20.7 Å². The predicted molar refractivity (Wildman–Crippen MR) is 93.1 cm³/mol. The van der Waals surface area contributed by atoms with Gasteiger partial charge in [0.1, 0.15) is 18.5 Å². The number of benzene rings is 2. The fourth-order valence-corrected chi connectivity index (χ4v) is 2.28. The second-order valence-electron chi connectivity index (χ2n) is 5.47. The fourth-order valence-electron chi connectivity index (χ4n) is 2.28. The van der Waals surface area contributed by atoms with Crippen molar-refractivity contribution in [2.24, 2.45) is 0 Å². The Balaban J connectivity index is 1.47. The lowest BCUT2D eigenvalue weighted by Gasteiger charge is -2.07. The zero-order chi connectivity index (χ0) is 18.4. The largest absolute Gasteiger partial charge is 0.347 e. The van der Waals surface area contributed by atoms with Crippen LogP contribution in [0.3, 0.4) is 0 Å². The summed E-state index contributed by atoms with van der Waals surface area (Å²) in [5.41, 5.74) is 2.15. The number of amides is 2. The molecule has 1 aromatic heterocycles. The molecule has 0 aliphatic carbocycles. The summed E-state index contributed by atoms with van der Waals surface area (Å²) in [7, 11) is 0. The first-order valence-electron chi connectivity index (χ1n) is 7.90. The van der Waals surface area contributed by atoms with Gasteiger partial charge in [-0.3, -0.25) is 9.59 Å². The maximum Gasteiger partial charge on any atom is 0.313 e. The molecule has 0 bridgehead atoms. The molecule has 132 valence electrons. The van der Waals surface area contributed by atoms with Gasteiger partial charge >= 0.3 is 11.8 Å². The molecule has 7 nitrogen and oxygen atoms in total. The van der Waals surface area contributed by atoms with E-state index in [0.717, 1.165) is 11.3 Å². The predicted octanol–water partition coefficient (Wildman–Crippen LogP) is 1.70. The number of halogens is 1. The van der Waals surface area contributed by atoms with Gasteiger partial charge in [0.05, 0.1) is 5.69 Å². The Morgan fingerprint density at radius 1 is 1.00 bits per heavy atom. The third-order valence-corrected chi connectivity index (χ3v) is 3.63. The monoisotopic (exact) mass is 353 g/mol. The number of carbonyl (C=O) groups is 2. The zero-order valence-electron chi connectivity index (χ0n) is 13.7. The van der Waals surface area contributed by atoms with Crippen LogP contribution in [0.4, 0.5) is 10.1 Å². The maximum atomic E-state index is 12.8. The van der Waals surface area contributed by atoms with Gasteiger partial charge in [-0.25, -0.2) is 14.1 Å². The summed E-state index contributed by atoms with van der Waals surface area (Å²) in [4.78, 5) is 27.6. The van der Waals surface area contributed by atoms with Gasteiger partial charge in [-0.1, -0.05) is 12.1 Å². The number of carbonyl (C=O) groups excluding carboxylic acids is 2. The number of anilines is 1. The Hall–Kier alpha value is -3.55. The van der Waals surface area contributed by atoms with E-state index in [1.165, 1.54) is 18.5 Å². The zero-order valence-corrected chi connectivity index (χ0v) is 13.7. The first-order valence-corrected chi connectivity index (χ1v) is 7.90. The Morgan fingerprint density at radius 2 is 1.73 bits per heavy atom. The van der Waals surface area contributed by atoms with Crippen molar-refractivity contribution in [1.29, 1.82) is 0 Å². The molecule has 3 aromatic rings. The molecule has 26 heavy (non-hydrogen) atoms. The summed E-state index contributed by atoms with van der Waals surface area (Å²) in [6, 6.07) is 12.8. The minimum Gasteiger partial charge on any atom is -0.347 e. The standard InChI is InChI=1S/C18H16FN5O2/c19-14-3-1-13(2-4-14)9-10-21-17(25)18(26)23-15-5-7-16(8-6-15)24-12-20-11-22-24/h1-8,11-12H,9-10H2,(H,21,25)(H,23,26). The van der Waals surface area contributed by atoms with Crippen LogP contribution in [0.5, 0.6) is 0 Å². The van der Waals surface area contributed by atoms with E-state index in [1.807, 2.05) is 0 Å². The number of hydrogen-bond acceptors (Lipinski definition) is 4. The molecule has 0 unspecified atom stereocenters. The molecule has 3 rings (SSSR count). The first-order chi connectivity index (χ1) is 12.6. The van der Waals surface area contributed by atoms with Crippen LogP contribution in [0.15, 0.2) is 61.2 Å². The Kier molecular flexibility index (Phi) is 5.33. The smallest absolute Gasteiger partial charge is 0.313 e. The number of aromatic nitrogens is 3. The van der Waals surface area contributed by atoms with Crippen molar-refractivity contribution in [1.82, 2.24) is 20.1 Å². The van der Waals surface area contributed by atoms with Gasteiger partial charge < -0.3 is 10.6 Å². The lowest BCUT2D eigenvalue weighted by atomic mass is 10.1. The number of rotatable bonds is 5. The molecule has 0 radical (unpaired) electrons. The topological polar surface area (TPSA) is 88.9 Å². The number of nitrogens with one attached hydrogen (secondary N) is 2. The van der Waals surface area contributed by atoms with E-state index in [9.17, 15) is 14.0 Å². The molecule has 2 amide bonds. The van der Waals surface area contributed by atoms with Gasteiger partial charge in [0.25, 0.3) is 0 Å². The molecule has 0 saturated carbocycles. The quantitative estimate of drug-likeness (QED) is 0.684. The van der Waals surface area contributed by atoms with Crippen molar-refractivity contribution in [3.63, 3.8) is 0 Å². The average Bonchev–Trinajstić information content (AvgIpc) is 3.18. The molecule has 0 aliphatic heterocycles. The van der Waals surface area contributed by atoms with Crippen LogP contribution in [0.2, 0.25) is 0 Å². The molecule has 2 N–H and O–H groups in total. The minimum atomic E-state index is -0.752. The summed E-state index contributed by atoms with van der Waals surface area (Å²) in [5, 5.41) is 9.06. The molecule has 2 aromatic carbocycles. The van der Waals surface area contributed by atoms with Crippen molar-refractivity contribution in [3.8, 4) is 5.69 Å². The molecule has 0 spiro atoms. The molecule has 0 fully saturated rings. The summed E-state index contributed by atoms with van der Waals surface area (Å²) >= 11 is 0. The van der Waals surface area contributed by atoms with Gasteiger partial charge in [-0.15, -0.1) is 0 Å². The van der Waals surface area contributed by atoms with E-state index in [4.69, 9.17) is 0 Å². The van der Waals surface area contributed by atoms with Gasteiger partial charge in [0, 0.05) is 12.2 Å². The number of nitrogens with zero attached hydrogens (tertiary/aromatic N) is 3. The van der Waals surface area contributed by atoms with Crippen LogP contribution in [-0.2, 0) is 16.0 Å². The summed E-state index contributed by atoms with van der Waals surface area (Å²) in [6.45, 7) is 0.281. The third kappa shape index (κ3) is 4.50. The summed E-state index contributed by atoms with van der Waals surface area (Å²) in [5.74, 6) is -1.79. The second kappa shape index (κ2) is 8.02. The lowest BCUT2D eigenvalue weighted by molar-refractivity contribution is -0.136. The van der Waals surface area contributed by atoms with Crippen LogP contribution in [0, 0.1) is 5.82 Å². The first kappa shape index (κ1) is 17.3. The molecule has 0 atom stereocenters.